The molecule has 0 atom stereocenters. The SMILES string of the molecule is CC.CC.CC.CC.CC(C)(C)C1=CC2C=C(C(C)(C)C)C=C3c4cc(C(C)(C)C)cc5cc(C(C)(C)C)cc(c45)C(=C1)C32. The third-order valence-corrected chi connectivity index (χ3v) is 8.56. The van der Waals surface area contributed by atoms with E-state index < -0.39 is 0 Å². The van der Waals surface area contributed by atoms with Crippen LogP contribution in [0.3, 0.4) is 0 Å². The Kier molecular flexibility index (Phi) is 13.4. The monoisotopic (exact) mass is 599 g/mol. The second-order valence-electron chi connectivity index (χ2n) is 15.6. The van der Waals surface area contributed by atoms with E-state index in [4.69, 9.17) is 0 Å². The van der Waals surface area contributed by atoms with Gasteiger partial charge in [-0.25, -0.2) is 0 Å². The Labute approximate surface area is 275 Å². The topological polar surface area (TPSA) is 0 Å². The smallest absolute Gasteiger partial charge is 0.0200 e. The van der Waals surface area contributed by atoms with Crippen molar-refractivity contribution < 1.29 is 0 Å². The molecule has 0 nitrogen and oxygen atoms in total. The molecule has 5 rings (SSSR count). The van der Waals surface area contributed by atoms with Gasteiger partial charge in [0.1, 0.15) is 0 Å². The lowest BCUT2D eigenvalue weighted by molar-refractivity contribution is 0.489. The van der Waals surface area contributed by atoms with Gasteiger partial charge in [0.25, 0.3) is 0 Å². The third-order valence-electron chi connectivity index (χ3n) is 8.56. The highest BCUT2D eigenvalue weighted by Crippen LogP contribution is 2.57. The van der Waals surface area contributed by atoms with Crippen molar-refractivity contribution in [3.8, 4) is 0 Å². The van der Waals surface area contributed by atoms with Crippen molar-refractivity contribution in [1.29, 1.82) is 0 Å². The number of hydrogen-bond acceptors (Lipinski definition) is 0. The lowest BCUT2D eigenvalue weighted by atomic mass is 9.60. The van der Waals surface area contributed by atoms with Gasteiger partial charge in [0.2, 0.25) is 0 Å². The lowest BCUT2D eigenvalue weighted by Crippen LogP contribution is -2.29. The van der Waals surface area contributed by atoms with E-state index in [-0.39, 0.29) is 21.7 Å². The number of hydrogen-bond donors (Lipinski definition) is 0. The molecule has 0 spiro atoms. The first kappa shape index (κ1) is 39.7. The minimum Gasteiger partial charge on any atom is -0.0729 e. The summed E-state index contributed by atoms with van der Waals surface area (Å²) >= 11 is 0. The Morgan fingerprint density at radius 3 is 1.02 bits per heavy atom. The van der Waals surface area contributed by atoms with Crippen molar-refractivity contribution in [2.45, 2.75) is 149 Å². The van der Waals surface area contributed by atoms with Gasteiger partial charge in [-0.2, -0.15) is 0 Å². The summed E-state index contributed by atoms with van der Waals surface area (Å²) in [6.45, 7) is 44.2. The second-order valence-corrected chi connectivity index (χ2v) is 15.6. The third kappa shape index (κ3) is 8.08. The molecule has 0 amide bonds. The number of benzene rings is 2. The molecular weight excluding hydrogens is 528 g/mol. The zero-order valence-corrected chi connectivity index (χ0v) is 32.8. The molecular formula is C44H70. The van der Waals surface area contributed by atoms with Crippen LogP contribution < -0.4 is 0 Å². The van der Waals surface area contributed by atoms with Crippen LogP contribution in [0.4, 0.5) is 0 Å². The molecule has 0 saturated carbocycles. The van der Waals surface area contributed by atoms with Gasteiger partial charge >= 0.3 is 0 Å². The quantitative estimate of drug-likeness (QED) is 0.283. The molecule has 2 aromatic carbocycles. The van der Waals surface area contributed by atoms with Crippen LogP contribution in [0, 0.1) is 22.7 Å². The molecule has 0 heterocycles. The van der Waals surface area contributed by atoms with Gasteiger partial charge in [0.05, 0.1) is 0 Å². The molecule has 3 aliphatic carbocycles. The van der Waals surface area contributed by atoms with Crippen LogP contribution in [-0.2, 0) is 10.8 Å². The van der Waals surface area contributed by atoms with Crippen LogP contribution >= 0.6 is 0 Å². The van der Waals surface area contributed by atoms with Crippen molar-refractivity contribution in [2.24, 2.45) is 22.7 Å². The van der Waals surface area contributed by atoms with E-state index in [1.807, 2.05) is 55.4 Å². The van der Waals surface area contributed by atoms with Crippen LogP contribution in [0.25, 0.3) is 21.9 Å². The Bertz CT molecular complexity index is 1280. The summed E-state index contributed by atoms with van der Waals surface area (Å²) in [5.74, 6) is 0.788. The average Bonchev–Trinajstić information content (AvgIpc) is 2.96. The molecule has 246 valence electrons. The average molecular weight is 599 g/mol. The van der Waals surface area contributed by atoms with Crippen molar-refractivity contribution in [3.63, 3.8) is 0 Å². The van der Waals surface area contributed by atoms with Crippen LogP contribution in [0.1, 0.15) is 161 Å². The van der Waals surface area contributed by atoms with Crippen molar-refractivity contribution in [1.82, 2.24) is 0 Å². The standard InChI is InChI=1S/C36H46.4C2H6/c1-33(2,3)23-13-21-14-24(34(4,5)6)19-29-30-20-26(36(10,11)12)16-22-15-25(35(7,8)9)18-28(32(22)30)27(17-23)31(21)29;4*1-2/h13-21,31H,1-12H3;4*1-2H3. The zero-order chi connectivity index (χ0) is 34.6. The van der Waals surface area contributed by atoms with E-state index in [0.717, 1.165) is 0 Å². The normalized spacial score (nSPS) is 18.5. The maximum Gasteiger partial charge on any atom is 0.0200 e. The van der Waals surface area contributed by atoms with Gasteiger partial charge in [-0.15, -0.1) is 0 Å². The van der Waals surface area contributed by atoms with E-state index in [9.17, 15) is 0 Å². The first-order valence-electron chi connectivity index (χ1n) is 17.9. The molecule has 0 aliphatic heterocycles. The molecule has 2 aromatic rings. The lowest BCUT2D eigenvalue weighted by Gasteiger charge is -2.43. The fraction of sp³-hybridized carbons (Fsp3) is 0.591. The minimum absolute atomic E-state index is 0.0991. The predicted octanol–water partition coefficient (Wildman–Crippen LogP) is 14.5. The summed E-state index contributed by atoms with van der Waals surface area (Å²) in [6.07, 6.45) is 10.3. The molecule has 0 bridgehead atoms. The van der Waals surface area contributed by atoms with Crippen molar-refractivity contribution in [2.75, 3.05) is 0 Å². The highest BCUT2D eigenvalue weighted by atomic mass is 14.4. The van der Waals surface area contributed by atoms with Crippen LogP contribution in [0.5, 0.6) is 0 Å². The van der Waals surface area contributed by atoms with Crippen LogP contribution in [-0.4, -0.2) is 0 Å². The Hall–Kier alpha value is -2.34. The maximum atomic E-state index is 2.58. The largest absolute Gasteiger partial charge is 0.0729 e. The van der Waals surface area contributed by atoms with Crippen LogP contribution in [0.15, 0.2) is 59.7 Å². The molecule has 0 unspecified atom stereocenters. The fourth-order valence-electron chi connectivity index (χ4n) is 6.11. The predicted molar refractivity (Wildman–Crippen MR) is 205 cm³/mol. The number of fused-ring (bicyclic) bond motifs is 2. The molecule has 0 fully saturated rings. The highest BCUT2D eigenvalue weighted by Gasteiger charge is 2.41. The first-order valence-corrected chi connectivity index (χ1v) is 17.9. The van der Waals surface area contributed by atoms with Crippen molar-refractivity contribution >= 4 is 21.9 Å². The summed E-state index contributed by atoms with van der Waals surface area (Å²) < 4.78 is 0. The molecule has 0 aromatic heterocycles. The maximum absolute atomic E-state index is 2.58. The molecule has 0 saturated heterocycles. The summed E-state index contributed by atoms with van der Waals surface area (Å²) in [7, 11) is 0. The summed E-state index contributed by atoms with van der Waals surface area (Å²) in [6, 6.07) is 10.0. The van der Waals surface area contributed by atoms with E-state index in [1.165, 1.54) is 55.3 Å². The molecule has 3 aliphatic rings. The van der Waals surface area contributed by atoms with E-state index in [2.05, 4.69) is 132 Å². The number of rotatable bonds is 0. The second kappa shape index (κ2) is 14.8. The highest BCUT2D eigenvalue weighted by molar-refractivity contribution is 6.10. The van der Waals surface area contributed by atoms with Crippen molar-refractivity contribution in [3.05, 3.63) is 82.0 Å². The van der Waals surface area contributed by atoms with Gasteiger partial charge in [-0.3, -0.25) is 0 Å². The van der Waals surface area contributed by atoms with Gasteiger partial charge < -0.3 is 0 Å². The molecule has 0 N–H and O–H groups in total. The van der Waals surface area contributed by atoms with E-state index >= 15 is 0 Å². The van der Waals surface area contributed by atoms with E-state index in [1.54, 1.807) is 0 Å². The first-order chi connectivity index (χ1) is 20.4. The minimum atomic E-state index is 0.0991. The Balaban J connectivity index is 0.00000112. The Morgan fingerprint density at radius 1 is 0.432 bits per heavy atom. The summed E-state index contributed by atoms with van der Waals surface area (Å²) in [4.78, 5) is 0. The van der Waals surface area contributed by atoms with Gasteiger partial charge in [-0.1, -0.05) is 187 Å². The molecule has 0 radical (unpaired) electrons. The summed E-state index contributed by atoms with van der Waals surface area (Å²) in [5.41, 5.74) is 12.2. The fourth-order valence-corrected chi connectivity index (χ4v) is 6.11. The molecule has 0 heteroatoms. The van der Waals surface area contributed by atoms with Gasteiger partial charge in [0, 0.05) is 11.8 Å². The summed E-state index contributed by atoms with van der Waals surface area (Å²) in [5, 5.41) is 2.85. The Morgan fingerprint density at radius 2 is 0.750 bits per heavy atom. The van der Waals surface area contributed by atoms with Gasteiger partial charge in [-0.05, 0) is 77.0 Å². The molecule has 44 heavy (non-hydrogen) atoms. The van der Waals surface area contributed by atoms with Gasteiger partial charge in [0.15, 0.2) is 0 Å². The van der Waals surface area contributed by atoms with E-state index in [0.29, 0.717) is 11.8 Å². The number of allylic oxidation sites excluding steroid dienone is 8. The van der Waals surface area contributed by atoms with Crippen LogP contribution in [0.2, 0.25) is 0 Å². The zero-order valence-electron chi connectivity index (χ0n) is 32.8.